The molecule has 3 nitrogen and oxygen atoms in total. The predicted molar refractivity (Wildman–Crippen MR) is 64.5 cm³/mol. The van der Waals surface area contributed by atoms with Gasteiger partial charge in [-0.1, -0.05) is 15.9 Å². The Labute approximate surface area is 96.6 Å². The maximum Gasteiger partial charge on any atom is 0.128 e. The largest absolute Gasteiger partial charge is 0.386 e. The van der Waals surface area contributed by atoms with Gasteiger partial charge in [0.05, 0.1) is 35.2 Å². The van der Waals surface area contributed by atoms with Crippen LogP contribution in [0.3, 0.4) is 0 Å². The van der Waals surface area contributed by atoms with E-state index in [0.29, 0.717) is 5.33 Å². The fourth-order valence-electron chi connectivity index (χ4n) is 1.28. The van der Waals surface area contributed by atoms with Gasteiger partial charge in [0.25, 0.3) is 0 Å². The maximum absolute atomic E-state index is 9.56. The van der Waals surface area contributed by atoms with Crippen molar-refractivity contribution in [2.24, 2.45) is 0 Å². The zero-order chi connectivity index (χ0) is 11.4. The normalized spacial score (nSPS) is 15.6. The number of nitrogens with zero attached hydrogens (tertiary/aromatic N) is 2. The first-order chi connectivity index (χ1) is 6.16. The van der Waals surface area contributed by atoms with Gasteiger partial charge in [0.2, 0.25) is 0 Å². The summed E-state index contributed by atoms with van der Waals surface area (Å²) < 4.78 is 1.86. The Morgan fingerprint density at radius 1 is 1.07 bits per heavy atom. The minimum absolute atomic E-state index is 0.238. The van der Waals surface area contributed by atoms with Crippen LogP contribution in [-0.2, 0) is 0 Å². The molecule has 14 heavy (non-hydrogen) atoms. The second-order valence-corrected chi connectivity index (χ2v) is 6.31. The van der Waals surface area contributed by atoms with Crippen molar-refractivity contribution in [1.29, 1.82) is 0 Å². The van der Waals surface area contributed by atoms with Gasteiger partial charge in [-0.15, -0.1) is 0 Å². The Kier molecular flexibility index (Phi) is 5.59. The average molecular weight is 269 g/mol. The van der Waals surface area contributed by atoms with Crippen LogP contribution in [0.2, 0.25) is 0 Å². The summed E-state index contributed by atoms with van der Waals surface area (Å²) in [6, 6.07) is 0. The fraction of sp³-hybridized carbons (Fsp3) is 1.00. The summed E-state index contributed by atoms with van der Waals surface area (Å²) in [7, 11) is 10.9. The van der Waals surface area contributed by atoms with Gasteiger partial charge in [-0.25, -0.2) is 0 Å². The van der Waals surface area contributed by atoms with Crippen molar-refractivity contribution < 1.29 is 14.1 Å². The fourth-order valence-corrected chi connectivity index (χ4v) is 1.49. The van der Waals surface area contributed by atoms with Gasteiger partial charge in [0, 0.05) is 5.33 Å². The van der Waals surface area contributed by atoms with Gasteiger partial charge >= 0.3 is 0 Å². The molecule has 0 aromatic rings. The lowest BCUT2D eigenvalue weighted by Crippen LogP contribution is -2.52. The predicted octanol–water partition coefficient (Wildman–Crippen LogP) is 0.525. The van der Waals surface area contributed by atoms with Gasteiger partial charge in [0.15, 0.2) is 0 Å². The van der Waals surface area contributed by atoms with Gasteiger partial charge in [-0.2, -0.15) is 0 Å². The lowest BCUT2D eigenvalue weighted by atomic mass is 10.3. The van der Waals surface area contributed by atoms with Crippen molar-refractivity contribution in [1.82, 2.24) is 0 Å². The van der Waals surface area contributed by atoms with E-state index in [4.69, 9.17) is 0 Å². The van der Waals surface area contributed by atoms with Crippen LogP contribution in [-0.4, -0.2) is 80.4 Å². The highest BCUT2D eigenvalue weighted by Gasteiger charge is 2.22. The molecule has 0 saturated heterocycles. The molecule has 0 aliphatic carbocycles. The first-order valence-electron chi connectivity index (χ1n) is 5.03. The van der Waals surface area contributed by atoms with E-state index in [1.165, 1.54) is 0 Å². The second-order valence-electron chi connectivity index (χ2n) is 5.66. The number of likely N-dealkylation sites (N-methyl/N-ethyl adjacent to an activating group) is 2. The van der Waals surface area contributed by atoms with Gasteiger partial charge < -0.3 is 14.1 Å². The quantitative estimate of drug-likeness (QED) is 0.551. The second kappa shape index (κ2) is 5.45. The third-order valence-corrected chi connectivity index (χ3v) is 3.01. The van der Waals surface area contributed by atoms with Gasteiger partial charge in [-0.05, 0) is 0 Å². The molecule has 0 spiro atoms. The molecule has 86 valence electrons. The molecule has 1 unspecified atom stereocenters. The molecule has 0 aromatic carbocycles. The molecular weight excluding hydrogens is 244 g/mol. The number of halogens is 1. The number of aliphatic hydroxyl groups is 1. The van der Waals surface area contributed by atoms with Crippen LogP contribution in [0.5, 0.6) is 0 Å². The molecule has 0 radical (unpaired) electrons. The van der Waals surface area contributed by atoms with Crippen LogP contribution in [0.25, 0.3) is 0 Å². The SMILES string of the molecule is C[N+](C)(C)CC[N+](C)(C)CC(O)CBr. The molecule has 0 heterocycles. The number of aliphatic hydroxyl groups excluding tert-OH is 1. The Hall–Kier alpha value is 0.360. The Morgan fingerprint density at radius 3 is 1.93 bits per heavy atom. The van der Waals surface area contributed by atoms with Crippen LogP contribution in [0, 0.1) is 0 Å². The molecule has 0 saturated carbocycles. The lowest BCUT2D eigenvalue weighted by Gasteiger charge is -2.34. The van der Waals surface area contributed by atoms with E-state index in [0.717, 1.165) is 28.6 Å². The van der Waals surface area contributed by atoms with E-state index in [-0.39, 0.29) is 6.10 Å². The molecule has 1 atom stereocenters. The molecule has 0 amide bonds. The molecule has 1 N–H and O–H groups in total. The number of hydrogen-bond acceptors (Lipinski definition) is 1. The van der Waals surface area contributed by atoms with Gasteiger partial charge in [0.1, 0.15) is 25.7 Å². The number of rotatable bonds is 6. The molecule has 4 heteroatoms. The summed E-state index contributed by atoms with van der Waals surface area (Å²) in [5, 5.41) is 10.2. The lowest BCUT2D eigenvalue weighted by molar-refractivity contribution is -0.938. The Balaban J connectivity index is 3.95. The molecule has 0 fully saturated rings. The Morgan fingerprint density at radius 2 is 1.57 bits per heavy atom. The topological polar surface area (TPSA) is 20.2 Å². The maximum atomic E-state index is 9.56. The highest BCUT2D eigenvalue weighted by molar-refractivity contribution is 9.09. The van der Waals surface area contributed by atoms with E-state index in [9.17, 15) is 5.11 Å². The highest BCUT2D eigenvalue weighted by atomic mass is 79.9. The van der Waals surface area contributed by atoms with Crippen molar-refractivity contribution >= 4 is 15.9 Å². The van der Waals surface area contributed by atoms with E-state index in [1.807, 2.05) is 0 Å². The Bertz CT molecular complexity index is 166. The van der Waals surface area contributed by atoms with Crippen LogP contribution in [0.15, 0.2) is 0 Å². The van der Waals surface area contributed by atoms with Crippen molar-refractivity contribution in [3.63, 3.8) is 0 Å². The number of quaternary nitrogens is 2. The minimum Gasteiger partial charge on any atom is -0.386 e. The summed E-state index contributed by atoms with van der Waals surface area (Å²) in [5.74, 6) is 0. The molecule has 0 aromatic heterocycles. The number of hydrogen-bond donors (Lipinski definition) is 1. The van der Waals surface area contributed by atoms with Gasteiger partial charge in [-0.3, -0.25) is 0 Å². The smallest absolute Gasteiger partial charge is 0.128 e. The summed E-state index contributed by atoms with van der Waals surface area (Å²) in [6.07, 6.45) is -0.238. The molecule has 0 rings (SSSR count). The first kappa shape index (κ1) is 14.4. The van der Waals surface area contributed by atoms with Crippen molar-refractivity contribution in [3.05, 3.63) is 0 Å². The summed E-state index contributed by atoms with van der Waals surface area (Å²) >= 11 is 3.29. The van der Waals surface area contributed by atoms with E-state index >= 15 is 0 Å². The van der Waals surface area contributed by atoms with E-state index in [2.05, 4.69) is 51.2 Å². The van der Waals surface area contributed by atoms with Crippen molar-refractivity contribution in [3.8, 4) is 0 Å². The van der Waals surface area contributed by atoms with Crippen LogP contribution < -0.4 is 0 Å². The molecule has 0 aliphatic heterocycles. The van der Waals surface area contributed by atoms with Crippen LogP contribution >= 0.6 is 15.9 Å². The zero-order valence-electron chi connectivity index (χ0n) is 10.1. The van der Waals surface area contributed by atoms with Crippen LogP contribution in [0.1, 0.15) is 0 Å². The minimum atomic E-state index is -0.238. The van der Waals surface area contributed by atoms with Crippen molar-refractivity contribution in [2.45, 2.75) is 6.10 Å². The first-order valence-corrected chi connectivity index (χ1v) is 6.15. The molecule has 0 aliphatic rings. The molecular formula is C10H25BrN2O+2. The molecule has 0 bridgehead atoms. The van der Waals surface area contributed by atoms with Crippen LogP contribution in [0.4, 0.5) is 0 Å². The monoisotopic (exact) mass is 268 g/mol. The summed E-state index contributed by atoms with van der Waals surface area (Å²) in [6.45, 7) is 3.03. The zero-order valence-corrected chi connectivity index (χ0v) is 11.7. The third-order valence-electron chi connectivity index (χ3n) is 2.26. The standard InChI is InChI=1S/C10H25BrN2O/c1-12(2,3)6-7-13(4,5)9-10(14)8-11/h10,14H,6-9H2,1-5H3/q+2. The summed E-state index contributed by atoms with van der Waals surface area (Å²) in [4.78, 5) is 0. The third kappa shape index (κ3) is 7.74. The summed E-state index contributed by atoms with van der Waals surface area (Å²) in [5.41, 5.74) is 0. The van der Waals surface area contributed by atoms with Crippen molar-refractivity contribution in [2.75, 3.05) is 60.2 Å². The van der Waals surface area contributed by atoms with E-state index < -0.39 is 0 Å². The number of alkyl halides is 1. The van der Waals surface area contributed by atoms with E-state index in [1.54, 1.807) is 0 Å². The highest BCUT2D eigenvalue weighted by Crippen LogP contribution is 2.03. The average Bonchev–Trinajstić information content (AvgIpc) is 1.99.